The molecule has 0 spiro atoms. The number of carbonyl (C=O) groups excluding carboxylic acids is 1. The summed E-state index contributed by atoms with van der Waals surface area (Å²) in [6.45, 7) is 4.14. The van der Waals surface area contributed by atoms with Gasteiger partial charge in [0.25, 0.3) is 0 Å². The summed E-state index contributed by atoms with van der Waals surface area (Å²) in [5, 5.41) is 0. The van der Waals surface area contributed by atoms with Crippen LogP contribution in [0.15, 0.2) is 30.3 Å². The van der Waals surface area contributed by atoms with Crippen LogP contribution in [0.1, 0.15) is 12.0 Å². The summed E-state index contributed by atoms with van der Waals surface area (Å²) < 4.78 is 0. The number of terminal acetylenes is 1. The molecule has 4 heteroatoms. The van der Waals surface area contributed by atoms with Crippen molar-refractivity contribution in [1.29, 1.82) is 0 Å². The first-order valence-corrected chi connectivity index (χ1v) is 6.95. The van der Waals surface area contributed by atoms with Gasteiger partial charge in [-0.15, -0.1) is 12.3 Å². The van der Waals surface area contributed by atoms with Crippen LogP contribution in [-0.4, -0.2) is 47.9 Å². The molecule has 2 N–H and O–H groups in total. The maximum atomic E-state index is 12.0. The van der Waals surface area contributed by atoms with Gasteiger partial charge in [-0.25, -0.2) is 0 Å². The minimum absolute atomic E-state index is 0.0256. The average molecular weight is 271 g/mol. The van der Waals surface area contributed by atoms with E-state index < -0.39 is 6.04 Å². The van der Waals surface area contributed by atoms with E-state index in [2.05, 4.69) is 23.0 Å². The zero-order chi connectivity index (χ0) is 14.4. The third-order valence-electron chi connectivity index (χ3n) is 3.59. The van der Waals surface area contributed by atoms with Gasteiger partial charge in [0, 0.05) is 39.1 Å². The first kappa shape index (κ1) is 14.6. The Kier molecular flexibility index (Phi) is 5.16. The first-order chi connectivity index (χ1) is 9.70. The fraction of sp³-hybridized carbons (Fsp3) is 0.438. The summed E-state index contributed by atoms with van der Waals surface area (Å²) in [6, 6.07) is 9.82. The Labute approximate surface area is 120 Å². The smallest absolute Gasteiger partial charge is 0.240 e. The second-order valence-corrected chi connectivity index (χ2v) is 5.10. The van der Waals surface area contributed by atoms with Crippen LogP contribution in [0.5, 0.6) is 0 Å². The van der Waals surface area contributed by atoms with Crippen molar-refractivity contribution in [1.82, 2.24) is 9.80 Å². The summed E-state index contributed by atoms with van der Waals surface area (Å²) >= 11 is 0. The van der Waals surface area contributed by atoms with Crippen LogP contribution in [0, 0.1) is 12.3 Å². The Morgan fingerprint density at radius 1 is 1.25 bits per heavy atom. The Hall–Kier alpha value is -1.83. The molecule has 106 valence electrons. The van der Waals surface area contributed by atoms with E-state index >= 15 is 0 Å². The lowest BCUT2D eigenvalue weighted by Crippen LogP contribution is -2.52. The third kappa shape index (κ3) is 3.83. The molecule has 1 saturated heterocycles. The number of carbonyl (C=O) groups is 1. The number of hydrogen-bond acceptors (Lipinski definition) is 3. The number of hydrogen-bond donors (Lipinski definition) is 1. The van der Waals surface area contributed by atoms with Crippen LogP contribution in [0.3, 0.4) is 0 Å². The maximum absolute atomic E-state index is 12.0. The number of nitrogens with zero attached hydrogens (tertiary/aromatic N) is 2. The van der Waals surface area contributed by atoms with Crippen molar-refractivity contribution in [3.63, 3.8) is 0 Å². The van der Waals surface area contributed by atoms with Crippen molar-refractivity contribution < 1.29 is 4.79 Å². The standard InChI is InChI=1S/C16H21N3O/c1-2-6-15(17)16(20)19-11-9-18(10-12-19)13-14-7-4-3-5-8-14/h1,3-5,7-8,15H,6,9-13,17H2. The Bertz CT molecular complexity index is 472. The largest absolute Gasteiger partial charge is 0.339 e. The quantitative estimate of drug-likeness (QED) is 0.819. The molecule has 1 unspecified atom stereocenters. The van der Waals surface area contributed by atoms with E-state index in [-0.39, 0.29) is 5.91 Å². The van der Waals surface area contributed by atoms with Gasteiger partial charge < -0.3 is 10.6 Å². The van der Waals surface area contributed by atoms with Crippen LogP contribution in [0.4, 0.5) is 0 Å². The van der Waals surface area contributed by atoms with Gasteiger partial charge in [-0.3, -0.25) is 9.69 Å². The third-order valence-corrected chi connectivity index (χ3v) is 3.59. The van der Waals surface area contributed by atoms with E-state index in [1.54, 1.807) is 0 Å². The van der Waals surface area contributed by atoms with E-state index in [1.165, 1.54) is 5.56 Å². The molecule has 1 aromatic carbocycles. The topological polar surface area (TPSA) is 49.6 Å². The van der Waals surface area contributed by atoms with E-state index in [0.29, 0.717) is 6.42 Å². The van der Waals surface area contributed by atoms with Crippen molar-refractivity contribution in [3.05, 3.63) is 35.9 Å². The van der Waals surface area contributed by atoms with Gasteiger partial charge in [-0.05, 0) is 5.56 Å². The molecule has 0 saturated carbocycles. The molecule has 1 amide bonds. The lowest BCUT2D eigenvalue weighted by Gasteiger charge is -2.35. The highest BCUT2D eigenvalue weighted by atomic mass is 16.2. The van der Waals surface area contributed by atoms with Crippen molar-refractivity contribution in [2.45, 2.75) is 19.0 Å². The van der Waals surface area contributed by atoms with E-state index in [0.717, 1.165) is 32.7 Å². The number of benzene rings is 1. The highest BCUT2D eigenvalue weighted by molar-refractivity contribution is 5.82. The normalized spacial score (nSPS) is 17.5. The van der Waals surface area contributed by atoms with E-state index in [9.17, 15) is 4.79 Å². The molecule has 1 aliphatic rings. The number of amides is 1. The molecule has 0 aromatic heterocycles. The zero-order valence-electron chi connectivity index (χ0n) is 11.7. The lowest BCUT2D eigenvalue weighted by molar-refractivity contribution is -0.134. The molecule has 1 aromatic rings. The van der Waals surface area contributed by atoms with Gasteiger partial charge in [-0.2, -0.15) is 0 Å². The van der Waals surface area contributed by atoms with Crippen molar-refractivity contribution in [2.24, 2.45) is 5.73 Å². The van der Waals surface area contributed by atoms with Crippen LogP contribution in [0.2, 0.25) is 0 Å². The van der Waals surface area contributed by atoms with Gasteiger partial charge in [0.2, 0.25) is 5.91 Å². The van der Waals surface area contributed by atoms with Crippen LogP contribution < -0.4 is 5.73 Å². The Morgan fingerprint density at radius 3 is 2.50 bits per heavy atom. The average Bonchev–Trinajstić information content (AvgIpc) is 2.48. The van der Waals surface area contributed by atoms with Crippen LogP contribution in [-0.2, 0) is 11.3 Å². The molecule has 20 heavy (non-hydrogen) atoms. The highest BCUT2D eigenvalue weighted by Crippen LogP contribution is 2.09. The minimum atomic E-state index is -0.555. The second-order valence-electron chi connectivity index (χ2n) is 5.10. The van der Waals surface area contributed by atoms with E-state index in [4.69, 9.17) is 12.2 Å². The van der Waals surface area contributed by atoms with E-state index in [1.807, 2.05) is 23.1 Å². The predicted octanol–water partition coefficient (Wildman–Crippen LogP) is 0.681. The Balaban J connectivity index is 1.81. The molecule has 0 aliphatic carbocycles. The molecule has 1 atom stereocenters. The lowest BCUT2D eigenvalue weighted by atomic mass is 10.1. The molecule has 0 radical (unpaired) electrons. The van der Waals surface area contributed by atoms with Crippen molar-refractivity contribution >= 4 is 5.91 Å². The predicted molar refractivity (Wildman–Crippen MR) is 79.7 cm³/mol. The van der Waals surface area contributed by atoms with Crippen molar-refractivity contribution in [2.75, 3.05) is 26.2 Å². The Morgan fingerprint density at radius 2 is 1.90 bits per heavy atom. The van der Waals surface area contributed by atoms with Gasteiger partial charge in [-0.1, -0.05) is 30.3 Å². The van der Waals surface area contributed by atoms with Gasteiger partial charge in [0.05, 0.1) is 6.04 Å². The zero-order valence-corrected chi connectivity index (χ0v) is 11.7. The molecule has 1 aliphatic heterocycles. The molecular formula is C16H21N3O. The summed E-state index contributed by atoms with van der Waals surface area (Å²) in [5.41, 5.74) is 7.07. The second kappa shape index (κ2) is 7.09. The molecule has 1 heterocycles. The molecule has 4 nitrogen and oxygen atoms in total. The van der Waals surface area contributed by atoms with Gasteiger partial charge >= 0.3 is 0 Å². The summed E-state index contributed by atoms with van der Waals surface area (Å²) in [4.78, 5) is 16.2. The maximum Gasteiger partial charge on any atom is 0.240 e. The fourth-order valence-corrected chi connectivity index (χ4v) is 2.42. The van der Waals surface area contributed by atoms with Gasteiger partial charge in [0.1, 0.15) is 0 Å². The SMILES string of the molecule is C#CCC(N)C(=O)N1CCN(Cc2ccccc2)CC1. The minimum Gasteiger partial charge on any atom is -0.339 e. The van der Waals surface area contributed by atoms with Gasteiger partial charge in [0.15, 0.2) is 0 Å². The van der Waals surface area contributed by atoms with Crippen LogP contribution >= 0.6 is 0 Å². The summed E-state index contributed by atoms with van der Waals surface area (Å²) in [5.74, 6) is 2.42. The number of rotatable bonds is 4. The number of piperazine rings is 1. The molecule has 0 bridgehead atoms. The highest BCUT2D eigenvalue weighted by Gasteiger charge is 2.24. The van der Waals surface area contributed by atoms with Crippen LogP contribution in [0.25, 0.3) is 0 Å². The summed E-state index contributed by atoms with van der Waals surface area (Å²) in [6.07, 6.45) is 5.50. The molecular weight excluding hydrogens is 250 g/mol. The molecule has 2 rings (SSSR count). The monoisotopic (exact) mass is 271 g/mol. The molecule has 1 fully saturated rings. The summed E-state index contributed by atoms with van der Waals surface area (Å²) in [7, 11) is 0. The van der Waals surface area contributed by atoms with Crippen molar-refractivity contribution in [3.8, 4) is 12.3 Å². The number of nitrogens with two attached hydrogens (primary N) is 1. The fourth-order valence-electron chi connectivity index (χ4n) is 2.42. The first-order valence-electron chi connectivity index (χ1n) is 6.95.